The molecule has 3 N–H and O–H groups in total. The van der Waals surface area contributed by atoms with Crippen LogP contribution in [-0.4, -0.2) is 37.8 Å². The number of nitrogens with zero attached hydrogens (tertiary/aromatic N) is 5. The minimum Gasteiger partial charge on any atom is -0.457 e. The maximum absolute atomic E-state index is 12.0. The van der Waals surface area contributed by atoms with E-state index in [2.05, 4.69) is 25.5 Å². The van der Waals surface area contributed by atoms with Crippen LogP contribution in [0.25, 0.3) is 5.95 Å². The molecule has 0 spiro atoms. The average Bonchev–Trinajstić information content (AvgIpc) is 2.89. The molecule has 0 saturated heterocycles. The lowest BCUT2D eigenvalue weighted by molar-refractivity contribution is 0.0769. The second-order valence-electron chi connectivity index (χ2n) is 3.04. The third-order valence-electron chi connectivity index (χ3n) is 1.78. The number of nitrogens with one attached hydrogen (secondary N) is 1. The summed E-state index contributed by atoms with van der Waals surface area (Å²) in [5, 5.41) is 3.89. The summed E-state index contributed by atoms with van der Waals surface area (Å²) >= 11 is 0. The summed E-state index contributed by atoms with van der Waals surface area (Å²) in [7, 11) is 0. The Labute approximate surface area is 99.8 Å². The van der Waals surface area contributed by atoms with Crippen LogP contribution < -0.4 is 16.0 Å². The molecule has 2 aromatic heterocycles. The number of hydrogen-bond acceptors (Lipinski definition) is 7. The maximum atomic E-state index is 12.0. The molecular formula is C8H9F2N7O. The van der Waals surface area contributed by atoms with Crippen LogP contribution >= 0.6 is 0 Å². The van der Waals surface area contributed by atoms with Crippen LogP contribution in [-0.2, 0) is 0 Å². The van der Waals surface area contributed by atoms with E-state index in [-0.39, 0.29) is 17.9 Å². The molecule has 0 aliphatic rings. The summed E-state index contributed by atoms with van der Waals surface area (Å²) in [5.41, 5.74) is 2.19. The Kier molecular flexibility index (Phi) is 3.57. The predicted molar refractivity (Wildman–Crippen MR) is 56.3 cm³/mol. The lowest BCUT2D eigenvalue weighted by Gasteiger charge is -2.07. The van der Waals surface area contributed by atoms with E-state index in [1.165, 1.54) is 10.9 Å². The van der Waals surface area contributed by atoms with Crippen LogP contribution in [0.2, 0.25) is 0 Å². The van der Waals surface area contributed by atoms with Gasteiger partial charge in [-0.1, -0.05) is 0 Å². The highest BCUT2D eigenvalue weighted by atomic mass is 19.3. The number of aromatic nitrogens is 5. The monoisotopic (exact) mass is 257 g/mol. The molecule has 0 bridgehead atoms. The first-order valence-corrected chi connectivity index (χ1v) is 4.82. The molecule has 8 nitrogen and oxygen atoms in total. The van der Waals surface area contributed by atoms with E-state index in [1.807, 2.05) is 0 Å². The number of ether oxygens (including phenoxy) is 1. The van der Waals surface area contributed by atoms with Crippen LogP contribution in [0.1, 0.15) is 0 Å². The predicted octanol–water partition coefficient (Wildman–Crippen LogP) is -0.0132. The standard InChI is InChI=1S/C8H9F2N7O/c9-5(10)4-18-8-14-6(16-11)13-7(15-8)17-3-1-2-12-17/h1-3,5H,4,11H2,(H,13,14,15,16). The summed E-state index contributed by atoms with van der Waals surface area (Å²) in [6.45, 7) is -0.813. The van der Waals surface area contributed by atoms with Gasteiger partial charge in [0.15, 0.2) is 6.61 Å². The van der Waals surface area contributed by atoms with E-state index < -0.39 is 13.0 Å². The zero-order valence-electron chi connectivity index (χ0n) is 8.99. The van der Waals surface area contributed by atoms with Gasteiger partial charge in [0.1, 0.15) is 0 Å². The number of halogens is 2. The lowest BCUT2D eigenvalue weighted by Crippen LogP contribution is -2.16. The first-order chi connectivity index (χ1) is 8.69. The smallest absolute Gasteiger partial charge is 0.323 e. The molecule has 0 unspecified atom stereocenters. The van der Waals surface area contributed by atoms with Gasteiger partial charge in [0, 0.05) is 12.4 Å². The summed E-state index contributed by atoms with van der Waals surface area (Å²) < 4.78 is 30.1. The number of rotatable bonds is 5. The van der Waals surface area contributed by atoms with Crippen molar-refractivity contribution in [1.82, 2.24) is 24.7 Å². The van der Waals surface area contributed by atoms with E-state index in [0.717, 1.165) is 0 Å². The topological polar surface area (TPSA) is 104 Å². The number of hydrazine groups is 1. The van der Waals surface area contributed by atoms with Gasteiger partial charge in [-0.15, -0.1) is 0 Å². The molecule has 2 heterocycles. The number of alkyl halides is 2. The quantitative estimate of drug-likeness (QED) is 0.573. The van der Waals surface area contributed by atoms with Crippen molar-refractivity contribution in [3.63, 3.8) is 0 Å². The van der Waals surface area contributed by atoms with E-state index >= 15 is 0 Å². The molecule has 0 aliphatic carbocycles. The molecule has 0 saturated carbocycles. The van der Waals surface area contributed by atoms with E-state index in [9.17, 15) is 8.78 Å². The SMILES string of the molecule is NNc1nc(OCC(F)F)nc(-n2cccn2)n1. The van der Waals surface area contributed by atoms with Gasteiger partial charge in [-0.05, 0) is 6.07 Å². The third-order valence-corrected chi connectivity index (χ3v) is 1.78. The first kappa shape index (κ1) is 12.1. The Morgan fingerprint density at radius 2 is 2.22 bits per heavy atom. The zero-order chi connectivity index (χ0) is 13.0. The van der Waals surface area contributed by atoms with Crippen molar-refractivity contribution in [1.29, 1.82) is 0 Å². The van der Waals surface area contributed by atoms with Gasteiger partial charge in [-0.25, -0.2) is 19.3 Å². The van der Waals surface area contributed by atoms with E-state index in [1.54, 1.807) is 12.3 Å². The normalized spacial score (nSPS) is 10.7. The maximum Gasteiger partial charge on any atom is 0.323 e. The van der Waals surface area contributed by atoms with Gasteiger partial charge < -0.3 is 4.74 Å². The minimum absolute atomic E-state index is 0.0141. The fourth-order valence-corrected chi connectivity index (χ4v) is 1.10. The zero-order valence-corrected chi connectivity index (χ0v) is 8.99. The summed E-state index contributed by atoms with van der Waals surface area (Å²) in [4.78, 5) is 11.4. The molecular weight excluding hydrogens is 248 g/mol. The fourth-order valence-electron chi connectivity index (χ4n) is 1.10. The number of anilines is 1. The highest BCUT2D eigenvalue weighted by Crippen LogP contribution is 2.10. The summed E-state index contributed by atoms with van der Waals surface area (Å²) in [6.07, 6.45) is 0.468. The Morgan fingerprint density at radius 3 is 2.83 bits per heavy atom. The fraction of sp³-hybridized carbons (Fsp3) is 0.250. The van der Waals surface area contributed by atoms with Crippen molar-refractivity contribution in [3.05, 3.63) is 18.5 Å². The van der Waals surface area contributed by atoms with Gasteiger partial charge >= 0.3 is 6.01 Å². The summed E-state index contributed by atoms with van der Waals surface area (Å²) in [5.74, 6) is 5.25. The Hall–Kier alpha value is -2.36. The molecule has 2 rings (SSSR count). The van der Waals surface area contributed by atoms with Gasteiger partial charge in [-0.3, -0.25) is 5.43 Å². The number of hydrogen-bond donors (Lipinski definition) is 2. The number of nitrogens with two attached hydrogens (primary N) is 1. The molecule has 18 heavy (non-hydrogen) atoms. The van der Waals surface area contributed by atoms with Crippen molar-refractivity contribution >= 4 is 5.95 Å². The van der Waals surface area contributed by atoms with Crippen molar-refractivity contribution in [2.24, 2.45) is 5.84 Å². The Balaban J connectivity index is 2.27. The van der Waals surface area contributed by atoms with Crippen molar-refractivity contribution in [2.45, 2.75) is 6.43 Å². The van der Waals surface area contributed by atoms with Gasteiger partial charge in [0.2, 0.25) is 5.95 Å². The molecule has 0 radical (unpaired) electrons. The highest BCUT2D eigenvalue weighted by molar-refractivity contribution is 5.28. The molecule has 2 aromatic rings. The summed E-state index contributed by atoms with van der Waals surface area (Å²) in [6, 6.07) is 1.39. The van der Waals surface area contributed by atoms with Crippen LogP contribution in [0.5, 0.6) is 6.01 Å². The first-order valence-electron chi connectivity index (χ1n) is 4.82. The Bertz CT molecular complexity index is 504. The van der Waals surface area contributed by atoms with Crippen LogP contribution in [0.4, 0.5) is 14.7 Å². The van der Waals surface area contributed by atoms with Crippen molar-refractivity contribution in [2.75, 3.05) is 12.0 Å². The van der Waals surface area contributed by atoms with E-state index in [0.29, 0.717) is 0 Å². The van der Waals surface area contributed by atoms with Crippen molar-refractivity contribution in [3.8, 4) is 12.0 Å². The molecule has 0 atom stereocenters. The van der Waals surface area contributed by atoms with Crippen LogP contribution in [0.15, 0.2) is 18.5 Å². The van der Waals surface area contributed by atoms with Crippen molar-refractivity contribution < 1.29 is 13.5 Å². The largest absolute Gasteiger partial charge is 0.457 e. The molecule has 0 aromatic carbocycles. The molecule has 0 fully saturated rings. The van der Waals surface area contributed by atoms with Crippen LogP contribution in [0.3, 0.4) is 0 Å². The van der Waals surface area contributed by atoms with E-state index in [4.69, 9.17) is 10.6 Å². The Morgan fingerprint density at radius 1 is 1.39 bits per heavy atom. The highest BCUT2D eigenvalue weighted by Gasteiger charge is 2.11. The van der Waals surface area contributed by atoms with Gasteiger partial charge in [-0.2, -0.15) is 20.1 Å². The van der Waals surface area contributed by atoms with Gasteiger partial charge in [0.25, 0.3) is 12.4 Å². The number of nitrogen functional groups attached to an aromatic ring is 1. The lowest BCUT2D eigenvalue weighted by atomic mass is 10.7. The minimum atomic E-state index is -2.62. The van der Waals surface area contributed by atoms with Gasteiger partial charge in [0.05, 0.1) is 0 Å². The molecule has 0 aliphatic heterocycles. The molecule has 10 heteroatoms. The average molecular weight is 257 g/mol. The third kappa shape index (κ3) is 2.85. The second kappa shape index (κ2) is 5.31. The van der Waals surface area contributed by atoms with Crippen LogP contribution in [0, 0.1) is 0 Å². The molecule has 96 valence electrons. The molecule has 0 amide bonds. The second-order valence-corrected chi connectivity index (χ2v) is 3.04.